The predicted molar refractivity (Wildman–Crippen MR) is 121 cm³/mol. The SMILES string of the molecule is CCOC(=O)C1=C(COc2ccccc2OC)N(C)C(=O)NC1c1cccc(OC)c1OC. The van der Waals surface area contributed by atoms with E-state index in [1.807, 2.05) is 6.07 Å². The third-order valence-electron chi connectivity index (χ3n) is 5.25. The molecule has 0 bridgehead atoms. The van der Waals surface area contributed by atoms with Crippen LogP contribution in [-0.2, 0) is 9.53 Å². The number of hydrogen-bond acceptors (Lipinski definition) is 7. The summed E-state index contributed by atoms with van der Waals surface area (Å²) in [4.78, 5) is 27.3. The normalized spacial score (nSPS) is 15.6. The Morgan fingerprint density at radius 3 is 2.27 bits per heavy atom. The summed E-state index contributed by atoms with van der Waals surface area (Å²) >= 11 is 0. The number of carbonyl (C=O) groups is 2. The van der Waals surface area contributed by atoms with Gasteiger partial charge in [-0.25, -0.2) is 9.59 Å². The largest absolute Gasteiger partial charge is 0.493 e. The summed E-state index contributed by atoms with van der Waals surface area (Å²) in [5.74, 6) is 1.31. The Labute approximate surface area is 192 Å². The van der Waals surface area contributed by atoms with Crippen LogP contribution in [0.2, 0.25) is 0 Å². The summed E-state index contributed by atoms with van der Waals surface area (Å²) in [5.41, 5.74) is 1.15. The van der Waals surface area contributed by atoms with Crippen molar-refractivity contribution < 1.29 is 33.3 Å². The van der Waals surface area contributed by atoms with Crippen molar-refractivity contribution in [2.45, 2.75) is 13.0 Å². The quantitative estimate of drug-likeness (QED) is 0.579. The third kappa shape index (κ3) is 4.82. The lowest BCUT2D eigenvalue weighted by atomic mass is 9.93. The number of benzene rings is 2. The van der Waals surface area contributed by atoms with Crippen LogP contribution in [0.15, 0.2) is 53.7 Å². The van der Waals surface area contributed by atoms with E-state index in [-0.39, 0.29) is 18.8 Å². The highest BCUT2D eigenvalue weighted by Gasteiger charge is 2.39. The van der Waals surface area contributed by atoms with Crippen molar-refractivity contribution in [2.75, 3.05) is 41.6 Å². The van der Waals surface area contributed by atoms with Crippen LogP contribution in [0.4, 0.5) is 4.79 Å². The molecule has 3 rings (SSSR count). The second-order valence-corrected chi connectivity index (χ2v) is 7.04. The van der Waals surface area contributed by atoms with Crippen LogP contribution < -0.4 is 24.3 Å². The molecular weight excluding hydrogens is 428 g/mol. The number of nitrogens with one attached hydrogen (secondary N) is 1. The Morgan fingerprint density at radius 2 is 1.64 bits per heavy atom. The number of rotatable bonds is 9. The predicted octanol–water partition coefficient (Wildman–Crippen LogP) is 3.30. The Hall–Kier alpha value is -3.88. The van der Waals surface area contributed by atoms with Crippen molar-refractivity contribution in [1.82, 2.24) is 10.2 Å². The molecule has 1 atom stereocenters. The summed E-state index contributed by atoms with van der Waals surface area (Å²) < 4.78 is 27.6. The number of nitrogens with zero attached hydrogens (tertiary/aromatic N) is 1. The molecule has 33 heavy (non-hydrogen) atoms. The fraction of sp³-hybridized carbons (Fsp3) is 0.333. The molecule has 0 aliphatic carbocycles. The maximum atomic E-state index is 13.1. The van der Waals surface area contributed by atoms with Gasteiger partial charge in [0.05, 0.1) is 45.2 Å². The summed E-state index contributed by atoms with van der Waals surface area (Å²) in [6.45, 7) is 1.82. The average Bonchev–Trinajstić information content (AvgIpc) is 2.84. The number of ether oxygens (including phenoxy) is 5. The minimum atomic E-state index is -0.839. The topological polar surface area (TPSA) is 95.6 Å². The maximum Gasteiger partial charge on any atom is 0.338 e. The Balaban J connectivity index is 2.12. The molecule has 0 saturated heterocycles. The highest BCUT2D eigenvalue weighted by Crippen LogP contribution is 2.40. The molecule has 176 valence electrons. The van der Waals surface area contributed by atoms with E-state index in [2.05, 4.69) is 5.32 Å². The molecule has 2 amide bonds. The van der Waals surface area contributed by atoms with Gasteiger partial charge in [0.25, 0.3) is 0 Å². The zero-order chi connectivity index (χ0) is 24.0. The van der Waals surface area contributed by atoms with Crippen LogP contribution in [-0.4, -0.2) is 58.5 Å². The minimum Gasteiger partial charge on any atom is -0.493 e. The minimum absolute atomic E-state index is 0.0682. The lowest BCUT2D eigenvalue weighted by molar-refractivity contribution is -0.139. The second-order valence-electron chi connectivity index (χ2n) is 7.04. The van der Waals surface area contributed by atoms with Gasteiger partial charge in [-0.05, 0) is 25.1 Å². The Kier molecular flexibility index (Phi) is 7.66. The van der Waals surface area contributed by atoms with E-state index in [0.29, 0.717) is 34.3 Å². The van der Waals surface area contributed by atoms with Gasteiger partial charge in [0.15, 0.2) is 23.0 Å². The van der Waals surface area contributed by atoms with Gasteiger partial charge in [0.1, 0.15) is 6.61 Å². The fourth-order valence-corrected chi connectivity index (χ4v) is 3.64. The molecule has 1 aliphatic rings. The standard InChI is InChI=1S/C24H28N2O7/c1-6-32-23(27)20-16(14-33-18-12-8-7-11-17(18)29-3)26(2)24(28)25-21(20)15-10-9-13-19(30-4)22(15)31-5/h7-13,21H,6,14H2,1-5H3,(H,25,28). The van der Waals surface area contributed by atoms with Crippen molar-refractivity contribution in [3.8, 4) is 23.0 Å². The third-order valence-corrected chi connectivity index (χ3v) is 5.25. The van der Waals surface area contributed by atoms with Crippen LogP contribution in [0.25, 0.3) is 0 Å². The van der Waals surface area contributed by atoms with Crippen LogP contribution in [0.3, 0.4) is 0 Å². The number of methoxy groups -OCH3 is 3. The molecule has 0 aromatic heterocycles. The first-order chi connectivity index (χ1) is 16.0. The smallest absolute Gasteiger partial charge is 0.338 e. The fourth-order valence-electron chi connectivity index (χ4n) is 3.64. The maximum absolute atomic E-state index is 13.1. The number of likely N-dealkylation sites (N-methyl/N-ethyl adjacent to an activating group) is 1. The summed E-state index contributed by atoms with van der Waals surface area (Å²) in [6.07, 6.45) is 0. The first kappa shape index (κ1) is 23.8. The van der Waals surface area contributed by atoms with Crippen molar-refractivity contribution in [3.05, 3.63) is 59.3 Å². The molecule has 1 unspecified atom stereocenters. The monoisotopic (exact) mass is 456 g/mol. The average molecular weight is 456 g/mol. The second kappa shape index (κ2) is 10.6. The number of amides is 2. The van der Waals surface area contributed by atoms with E-state index < -0.39 is 18.0 Å². The lowest BCUT2D eigenvalue weighted by Crippen LogP contribution is -2.48. The van der Waals surface area contributed by atoms with E-state index in [1.54, 1.807) is 50.4 Å². The van der Waals surface area contributed by atoms with Gasteiger partial charge in [0, 0.05) is 12.6 Å². The van der Waals surface area contributed by atoms with Crippen LogP contribution in [0.1, 0.15) is 18.5 Å². The van der Waals surface area contributed by atoms with Crippen LogP contribution >= 0.6 is 0 Å². The highest BCUT2D eigenvalue weighted by molar-refractivity contribution is 5.95. The van der Waals surface area contributed by atoms with Gasteiger partial charge in [0.2, 0.25) is 0 Å². The van der Waals surface area contributed by atoms with Crippen molar-refractivity contribution in [3.63, 3.8) is 0 Å². The molecule has 0 saturated carbocycles. The first-order valence-electron chi connectivity index (χ1n) is 10.4. The van der Waals surface area contributed by atoms with E-state index in [4.69, 9.17) is 23.7 Å². The number of carbonyl (C=O) groups excluding carboxylic acids is 2. The first-order valence-corrected chi connectivity index (χ1v) is 10.4. The molecule has 1 N–H and O–H groups in total. The zero-order valence-electron chi connectivity index (χ0n) is 19.3. The number of esters is 1. The summed E-state index contributed by atoms with van der Waals surface area (Å²) in [7, 11) is 6.12. The van der Waals surface area contributed by atoms with Gasteiger partial charge >= 0.3 is 12.0 Å². The van der Waals surface area contributed by atoms with E-state index in [1.165, 1.54) is 26.2 Å². The molecular formula is C24H28N2O7. The number of hydrogen-bond donors (Lipinski definition) is 1. The van der Waals surface area contributed by atoms with Gasteiger partial charge in [-0.1, -0.05) is 24.3 Å². The van der Waals surface area contributed by atoms with E-state index in [9.17, 15) is 9.59 Å². The molecule has 0 radical (unpaired) electrons. The molecule has 1 aliphatic heterocycles. The highest BCUT2D eigenvalue weighted by atomic mass is 16.5. The Bertz CT molecular complexity index is 1050. The van der Waals surface area contributed by atoms with Gasteiger partial charge in [-0.15, -0.1) is 0 Å². The number of urea groups is 1. The zero-order valence-corrected chi connectivity index (χ0v) is 19.3. The molecule has 2 aromatic carbocycles. The van der Waals surface area contributed by atoms with Gasteiger partial charge < -0.3 is 29.0 Å². The molecule has 9 heteroatoms. The van der Waals surface area contributed by atoms with Crippen LogP contribution in [0.5, 0.6) is 23.0 Å². The van der Waals surface area contributed by atoms with Crippen molar-refractivity contribution in [2.24, 2.45) is 0 Å². The van der Waals surface area contributed by atoms with E-state index >= 15 is 0 Å². The van der Waals surface area contributed by atoms with Crippen molar-refractivity contribution in [1.29, 1.82) is 0 Å². The molecule has 0 spiro atoms. The molecule has 9 nitrogen and oxygen atoms in total. The number of para-hydroxylation sites is 3. The molecule has 1 heterocycles. The summed E-state index contributed by atoms with van der Waals surface area (Å²) in [6, 6.07) is 11.1. The van der Waals surface area contributed by atoms with Crippen molar-refractivity contribution >= 4 is 12.0 Å². The lowest BCUT2D eigenvalue weighted by Gasteiger charge is -2.35. The van der Waals surface area contributed by atoms with Gasteiger partial charge in [-0.3, -0.25) is 4.90 Å². The molecule has 2 aromatic rings. The Morgan fingerprint density at radius 1 is 0.970 bits per heavy atom. The molecule has 0 fully saturated rings. The van der Waals surface area contributed by atoms with Crippen LogP contribution in [0, 0.1) is 0 Å². The summed E-state index contributed by atoms with van der Waals surface area (Å²) in [5, 5.41) is 2.86. The van der Waals surface area contributed by atoms with E-state index in [0.717, 1.165) is 0 Å². The van der Waals surface area contributed by atoms with Gasteiger partial charge in [-0.2, -0.15) is 0 Å².